The summed E-state index contributed by atoms with van der Waals surface area (Å²) < 4.78 is 0. The number of rotatable bonds is 4. The number of hydrogen-bond acceptors (Lipinski definition) is 1. The lowest BCUT2D eigenvalue weighted by molar-refractivity contribution is 0.695. The predicted molar refractivity (Wildman–Crippen MR) is 83.4 cm³/mol. The number of nitrogens with two attached hydrogens (primary N) is 1. The molecular formula is C15H14Cl3N. The van der Waals surface area contributed by atoms with Gasteiger partial charge in [0.15, 0.2) is 0 Å². The smallest absolute Gasteiger partial charge is 0.0453 e. The van der Waals surface area contributed by atoms with Crippen molar-refractivity contribution in [3.05, 3.63) is 68.7 Å². The summed E-state index contributed by atoms with van der Waals surface area (Å²) >= 11 is 18.3. The molecule has 0 amide bonds. The van der Waals surface area contributed by atoms with E-state index in [4.69, 9.17) is 40.5 Å². The Hall–Kier alpha value is -0.730. The summed E-state index contributed by atoms with van der Waals surface area (Å²) in [6.07, 6.45) is 0.746. The molecule has 0 saturated heterocycles. The normalized spacial score (nSPS) is 12.4. The fraction of sp³-hybridized carbons (Fsp3) is 0.200. The lowest BCUT2D eigenvalue weighted by Crippen LogP contribution is -2.15. The van der Waals surface area contributed by atoms with Crippen LogP contribution in [-0.4, -0.2) is 6.54 Å². The Morgan fingerprint density at radius 1 is 0.947 bits per heavy atom. The van der Waals surface area contributed by atoms with E-state index in [2.05, 4.69) is 0 Å². The van der Waals surface area contributed by atoms with Crippen molar-refractivity contribution in [3.63, 3.8) is 0 Å². The molecule has 1 unspecified atom stereocenters. The van der Waals surface area contributed by atoms with Crippen molar-refractivity contribution in [2.75, 3.05) is 6.54 Å². The molecule has 2 aromatic carbocycles. The van der Waals surface area contributed by atoms with Gasteiger partial charge in [0.1, 0.15) is 0 Å². The molecule has 0 fully saturated rings. The zero-order valence-corrected chi connectivity index (χ0v) is 12.5. The lowest BCUT2D eigenvalue weighted by Gasteiger charge is -2.17. The molecule has 2 aromatic rings. The topological polar surface area (TPSA) is 26.0 Å². The number of benzene rings is 2. The van der Waals surface area contributed by atoms with Crippen molar-refractivity contribution < 1.29 is 0 Å². The van der Waals surface area contributed by atoms with E-state index in [9.17, 15) is 0 Å². The molecule has 0 aliphatic carbocycles. The largest absolute Gasteiger partial charge is 0.330 e. The monoisotopic (exact) mass is 313 g/mol. The highest BCUT2D eigenvalue weighted by molar-refractivity contribution is 6.35. The summed E-state index contributed by atoms with van der Waals surface area (Å²) in [6, 6.07) is 13.3. The predicted octanol–water partition coefficient (Wildman–Crippen LogP) is 4.93. The average molecular weight is 315 g/mol. The van der Waals surface area contributed by atoms with Gasteiger partial charge >= 0.3 is 0 Å². The maximum atomic E-state index is 6.22. The second-order valence-electron chi connectivity index (χ2n) is 4.39. The second kappa shape index (κ2) is 6.62. The van der Waals surface area contributed by atoms with Gasteiger partial charge in [0, 0.05) is 21.0 Å². The van der Waals surface area contributed by atoms with Gasteiger partial charge in [-0.25, -0.2) is 0 Å². The van der Waals surface area contributed by atoms with Gasteiger partial charge in [-0.1, -0.05) is 59.1 Å². The molecule has 100 valence electrons. The van der Waals surface area contributed by atoms with Gasteiger partial charge in [-0.15, -0.1) is 0 Å². The zero-order chi connectivity index (χ0) is 13.8. The SMILES string of the molecule is NCC(Cc1ccc(Cl)cc1Cl)c1ccccc1Cl. The first-order valence-electron chi connectivity index (χ1n) is 6.00. The molecule has 0 spiro atoms. The molecule has 0 heterocycles. The average Bonchev–Trinajstić information content (AvgIpc) is 2.39. The molecular weight excluding hydrogens is 301 g/mol. The fourth-order valence-electron chi connectivity index (χ4n) is 2.08. The molecule has 2 rings (SSSR count). The minimum Gasteiger partial charge on any atom is -0.330 e. The van der Waals surface area contributed by atoms with E-state index in [0.717, 1.165) is 22.6 Å². The van der Waals surface area contributed by atoms with Gasteiger partial charge < -0.3 is 5.73 Å². The molecule has 0 bridgehead atoms. The van der Waals surface area contributed by atoms with Crippen LogP contribution >= 0.6 is 34.8 Å². The van der Waals surface area contributed by atoms with E-state index in [-0.39, 0.29) is 5.92 Å². The van der Waals surface area contributed by atoms with Crippen molar-refractivity contribution in [2.45, 2.75) is 12.3 Å². The zero-order valence-electron chi connectivity index (χ0n) is 10.2. The third kappa shape index (κ3) is 3.64. The standard InChI is InChI=1S/C15H14Cl3N/c16-12-6-5-10(15(18)8-12)7-11(9-19)13-3-1-2-4-14(13)17/h1-6,8,11H,7,9,19H2. The van der Waals surface area contributed by atoms with Crippen LogP contribution in [0.2, 0.25) is 15.1 Å². The Morgan fingerprint density at radius 2 is 1.68 bits per heavy atom. The maximum Gasteiger partial charge on any atom is 0.0453 e. The van der Waals surface area contributed by atoms with Crippen LogP contribution < -0.4 is 5.73 Å². The third-order valence-electron chi connectivity index (χ3n) is 3.11. The van der Waals surface area contributed by atoms with E-state index >= 15 is 0 Å². The summed E-state index contributed by atoms with van der Waals surface area (Å²) in [5, 5.41) is 2.04. The number of halogens is 3. The molecule has 0 aliphatic rings. The van der Waals surface area contributed by atoms with Gasteiger partial charge in [0.05, 0.1) is 0 Å². The molecule has 0 saturated carbocycles. The van der Waals surface area contributed by atoms with Crippen LogP contribution in [0.5, 0.6) is 0 Å². The molecule has 1 atom stereocenters. The summed E-state index contributed by atoms with van der Waals surface area (Å²) in [5.74, 6) is 0.146. The summed E-state index contributed by atoms with van der Waals surface area (Å²) in [5.41, 5.74) is 7.96. The Labute approximate surface area is 128 Å². The first-order chi connectivity index (χ1) is 9.11. The van der Waals surface area contributed by atoms with E-state index in [1.54, 1.807) is 6.07 Å². The van der Waals surface area contributed by atoms with E-state index < -0.39 is 0 Å². The van der Waals surface area contributed by atoms with Crippen molar-refractivity contribution in [1.29, 1.82) is 0 Å². The Bertz CT molecular complexity index is 569. The van der Waals surface area contributed by atoms with E-state index in [1.807, 2.05) is 36.4 Å². The lowest BCUT2D eigenvalue weighted by atomic mass is 9.92. The van der Waals surface area contributed by atoms with Crippen LogP contribution in [0.15, 0.2) is 42.5 Å². The molecule has 2 N–H and O–H groups in total. The molecule has 1 nitrogen and oxygen atoms in total. The molecule has 4 heteroatoms. The van der Waals surface area contributed by atoms with Gasteiger partial charge in [0.2, 0.25) is 0 Å². The maximum absolute atomic E-state index is 6.22. The van der Waals surface area contributed by atoms with Crippen molar-refractivity contribution >= 4 is 34.8 Å². The molecule has 0 aromatic heterocycles. The van der Waals surface area contributed by atoms with Crippen molar-refractivity contribution in [3.8, 4) is 0 Å². The Morgan fingerprint density at radius 3 is 2.32 bits per heavy atom. The van der Waals surface area contributed by atoms with Crippen LogP contribution in [0.1, 0.15) is 17.0 Å². The van der Waals surface area contributed by atoms with E-state index in [0.29, 0.717) is 16.6 Å². The number of hydrogen-bond donors (Lipinski definition) is 1. The molecule has 0 aliphatic heterocycles. The van der Waals surface area contributed by atoms with Crippen LogP contribution in [0.4, 0.5) is 0 Å². The van der Waals surface area contributed by atoms with Crippen molar-refractivity contribution in [2.24, 2.45) is 5.73 Å². The van der Waals surface area contributed by atoms with Crippen LogP contribution in [-0.2, 0) is 6.42 Å². The van der Waals surface area contributed by atoms with Crippen molar-refractivity contribution in [1.82, 2.24) is 0 Å². The first kappa shape index (κ1) is 14.7. The summed E-state index contributed by atoms with van der Waals surface area (Å²) in [4.78, 5) is 0. The van der Waals surface area contributed by atoms with Crippen LogP contribution in [0, 0.1) is 0 Å². The third-order valence-corrected chi connectivity index (χ3v) is 4.04. The van der Waals surface area contributed by atoms with Gasteiger partial charge in [-0.2, -0.15) is 0 Å². The van der Waals surface area contributed by atoms with Gasteiger partial charge in [-0.05, 0) is 42.3 Å². The fourth-order valence-corrected chi connectivity index (χ4v) is 2.85. The minimum absolute atomic E-state index is 0.146. The summed E-state index contributed by atoms with van der Waals surface area (Å²) in [6.45, 7) is 0.517. The van der Waals surface area contributed by atoms with Gasteiger partial charge in [0.25, 0.3) is 0 Å². The molecule has 0 radical (unpaired) electrons. The van der Waals surface area contributed by atoms with E-state index in [1.165, 1.54) is 0 Å². The summed E-state index contributed by atoms with van der Waals surface area (Å²) in [7, 11) is 0. The van der Waals surface area contributed by atoms with Crippen LogP contribution in [0.25, 0.3) is 0 Å². The Kier molecular flexibility index (Phi) is 5.12. The molecule has 19 heavy (non-hydrogen) atoms. The highest BCUT2D eigenvalue weighted by atomic mass is 35.5. The quantitative estimate of drug-likeness (QED) is 0.850. The minimum atomic E-state index is 0.146. The highest BCUT2D eigenvalue weighted by Gasteiger charge is 2.15. The van der Waals surface area contributed by atoms with Gasteiger partial charge in [-0.3, -0.25) is 0 Å². The Balaban J connectivity index is 2.27. The van der Waals surface area contributed by atoms with Crippen LogP contribution in [0.3, 0.4) is 0 Å². The highest BCUT2D eigenvalue weighted by Crippen LogP contribution is 2.30. The first-order valence-corrected chi connectivity index (χ1v) is 7.13. The second-order valence-corrected chi connectivity index (χ2v) is 5.64.